The smallest absolute Gasteiger partial charge is 0.356 e. The van der Waals surface area contributed by atoms with Gasteiger partial charge in [-0.1, -0.05) is 12.1 Å². The Morgan fingerprint density at radius 2 is 2.00 bits per heavy atom. The lowest BCUT2D eigenvalue weighted by molar-refractivity contribution is 0.0693. The number of hydrogen-bond acceptors (Lipinski definition) is 6. The number of rotatable bonds is 5. The molecule has 0 fully saturated rings. The van der Waals surface area contributed by atoms with Crippen molar-refractivity contribution in [3.05, 3.63) is 46.5 Å². The van der Waals surface area contributed by atoms with E-state index < -0.39 is 5.97 Å². The summed E-state index contributed by atoms with van der Waals surface area (Å²) in [6.45, 7) is 3.89. The third-order valence-electron chi connectivity index (χ3n) is 3.66. The Kier molecular flexibility index (Phi) is 4.35. The molecule has 1 atom stereocenters. The van der Waals surface area contributed by atoms with Crippen molar-refractivity contribution in [1.29, 1.82) is 0 Å². The summed E-state index contributed by atoms with van der Waals surface area (Å²) in [6.07, 6.45) is 0. The summed E-state index contributed by atoms with van der Waals surface area (Å²) in [5.41, 5.74) is 1.70. The summed E-state index contributed by atoms with van der Waals surface area (Å²) in [4.78, 5) is 21.1. The molecule has 2 heterocycles. The van der Waals surface area contributed by atoms with Gasteiger partial charge in [-0.3, -0.25) is 0 Å². The first-order valence-electron chi connectivity index (χ1n) is 7.40. The van der Waals surface area contributed by atoms with Crippen LogP contribution in [0.2, 0.25) is 0 Å². The fraction of sp³-hybridized carbons (Fsp3) is 0.235. The maximum Gasteiger partial charge on any atom is 0.356 e. The van der Waals surface area contributed by atoms with E-state index in [2.05, 4.69) is 15.3 Å². The number of methoxy groups -OCH3 is 1. The number of nitrogens with zero attached hydrogens (tertiary/aromatic N) is 2. The lowest BCUT2D eigenvalue weighted by Crippen LogP contribution is -2.12. The molecule has 2 aromatic heterocycles. The van der Waals surface area contributed by atoms with Crippen LogP contribution in [0.3, 0.4) is 0 Å². The van der Waals surface area contributed by atoms with Crippen LogP contribution in [0.4, 0.5) is 5.95 Å². The van der Waals surface area contributed by atoms with Gasteiger partial charge in [0.1, 0.15) is 5.75 Å². The largest absolute Gasteiger partial charge is 0.497 e. The lowest BCUT2D eigenvalue weighted by Gasteiger charge is -2.15. The molecule has 3 aromatic rings. The number of aromatic carboxylic acids is 1. The summed E-state index contributed by atoms with van der Waals surface area (Å²) in [6, 6.07) is 9.45. The molecule has 7 heteroatoms. The van der Waals surface area contributed by atoms with Gasteiger partial charge in [-0.2, -0.15) is 0 Å². The van der Waals surface area contributed by atoms with Crippen molar-refractivity contribution in [2.45, 2.75) is 19.9 Å². The van der Waals surface area contributed by atoms with Crippen molar-refractivity contribution in [2.24, 2.45) is 0 Å². The maximum absolute atomic E-state index is 11.5. The number of anilines is 1. The second-order valence-electron chi connectivity index (χ2n) is 5.41. The maximum atomic E-state index is 11.5. The van der Waals surface area contributed by atoms with Crippen LogP contribution in [-0.4, -0.2) is 28.2 Å². The fourth-order valence-electron chi connectivity index (χ4n) is 2.43. The topological polar surface area (TPSA) is 84.3 Å². The van der Waals surface area contributed by atoms with Crippen molar-refractivity contribution in [2.75, 3.05) is 12.4 Å². The number of aryl methyl sites for hydroxylation is 1. The van der Waals surface area contributed by atoms with E-state index >= 15 is 0 Å². The number of fused-ring (bicyclic) bond motifs is 1. The number of aromatic nitrogens is 2. The molecular weight excluding hydrogens is 326 g/mol. The quantitative estimate of drug-likeness (QED) is 0.731. The summed E-state index contributed by atoms with van der Waals surface area (Å²) in [7, 11) is 1.62. The first-order valence-corrected chi connectivity index (χ1v) is 8.21. The van der Waals surface area contributed by atoms with Crippen LogP contribution < -0.4 is 10.1 Å². The molecule has 6 nitrogen and oxygen atoms in total. The van der Waals surface area contributed by atoms with Gasteiger partial charge in [-0.15, -0.1) is 11.3 Å². The van der Waals surface area contributed by atoms with E-state index in [1.165, 1.54) is 11.3 Å². The lowest BCUT2D eigenvalue weighted by atomic mass is 10.1. The van der Waals surface area contributed by atoms with Crippen LogP contribution in [0.5, 0.6) is 5.75 Å². The Balaban J connectivity index is 1.92. The van der Waals surface area contributed by atoms with Crippen LogP contribution in [0.1, 0.15) is 33.9 Å². The molecule has 0 bridgehead atoms. The highest BCUT2D eigenvalue weighted by molar-refractivity contribution is 7.19. The van der Waals surface area contributed by atoms with E-state index in [0.29, 0.717) is 16.2 Å². The molecule has 24 heavy (non-hydrogen) atoms. The van der Waals surface area contributed by atoms with Crippen LogP contribution in [0, 0.1) is 6.92 Å². The Hall–Kier alpha value is -2.67. The van der Waals surface area contributed by atoms with Gasteiger partial charge in [0.15, 0.2) is 5.69 Å². The zero-order valence-electron chi connectivity index (χ0n) is 13.5. The molecule has 1 aromatic carbocycles. The van der Waals surface area contributed by atoms with E-state index in [0.717, 1.165) is 16.2 Å². The third kappa shape index (κ3) is 3.16. The Morgan fingerprint density at radius 3 is 2.62 bits per heavy atom. The second kappa shape index (κ2) is 6.45. The van der Waals surface area contributed by atoms with Gasteiger partial charge in [0.05, 0.1) is 23.4 Å². The van der Waals surface area contributed by atoms with E-state index in [1.807, 2.05) is 44.2 Å². The van der Waals surface area contributed by atoms with E-state index in [-0.39, 0.29) is 11.7 Å². The molecule has 0 spiro atoms. The van der Waals surface area contributed by atoms with Gasteiger partial charge in [-0.25, -0.2) is 14.8 Å². The highest BCUT2D eigenvalue weighted by Gasteiger charge is 2.17. The summed E-state index contributed by atoms with van der Waals surface area (Å²) in [5.74, 6) is 0.0379. The Bertz CT molecular complexity index is 890. The molecule has 2 N–H and O–H groups in total. The zero-order chi connectivity index (χ0) is 17.3. The number of carbonyl (C=O) groups is 1. The first-order chi connectivity index (χ1) is 11.5. The number of hydrogen-bond donors (Lipinski definition) is 2. The number of carboxylic acids is 1. The molecule has 0 aliphatic heterocycles. The molecular formula is C17H17N3O3S. The van der Waals surface area contributed by atoms with Gasteiger partial charge in [0.2, 0.25) is 5.95 Å². The molecule has 3 rings (SSSR count). The standard InChI is InChI=1S/C17H17N3O3S/c1-9-8-13-15(24-9)14(16(21)22)20-17(19-13)18-10(2)11-4-6-12(23-3)7-5-11/h4-8,10H,1-3H3,(H,21,22)(H,18,19,20)/t10-/m0/s1. The van der Waals surface area contributed by atoms with Gasteiger partial charge in [0.25, 0.3) is 0 Å². The van der Waals surface area contributed by atoms with Crippen LogP contribution in [0.25, 0.3) is 10.2 Å². The second-order valence-corrected chi connectivity index (χ2v) is 6.67. The average Bonchev–Trinajstić information content (AvgIpc) is 2.94. The number of nitrogens with one attached hydrogen (secondary N) is 1. The van der Waals surface area contributed by atoms with Crippen molar-refractivity contribution in [3.8, 4) is 5.75 Å². The Labute approximate surface area is 143 Å². The molecule has 0 amide bonds. The Morgan fingerprint density at radius 1 is 1.29 bits per heavy atom. The first kappa shape index (κ1) is 16.2. The van der Waals surface area contributed by atoms with E-state index in [4.69, 9.17) is 4.74 Å². The average molecular weight is 343 g/mol. The van der Waals surface area contributed by atoms with Gasteiger partial charge in [0, 0.05) is 4.88 Å². The number of carboxylic acid groups (broad SMARTS) is 1. The van der Waals surface area contributed by atoms with Crippen molar-refractivity contribution >= 4 is 33.5 Å². The molecule has 0 aliphatic carbocycles. The molecule has 0 aliphatic rings. The fourth-order valence-corrected chi connectivity index (χ4v) is 3.36. The number of thiophene rings is 1. The molecule has 0 saturated heterocycles. The monoisotopic (exact) mass is 343 g/mol. The molecule has 0 unspecified atom stereocenters. The number of ether oxygens (including phenoxy) is 1. The van der Waals surface area contributed by atoms with Gasteiger partial charge >= 0.3 is 5.97 Å². The normalized spacial score (nSPS) is 12.1. The molecule has 0 saturated carbocycles. The highest BCUT2D eigenvalue weighted by Crippen LogP contribution is 2.28. The van der Waals surface area contributed by atoms with E-state index in [1.54, 1.807) is 7.11 Å². The minimum Gasteiger partial charge on any atom is -0.497 e. The van der Waals surface area contributed by atoms with Gasteiger partial charge in [-0.05, 0) is 37.6 Å². The minimum atomic E-state index is -1.05. The minimum absolute atomic E-state index is 0.0301. The predicted molar refractivity (Wildman–Crippen MR) is 94.1 cm³/mol. The summed E-state index contributed by atoms with van der Waals surface area (Å²) in [5, 5.41) is 12.6. The van der Waals surface area contributed by atoms with Crippen molar-refractivity contribution < 1.29 is 14.6 Å². The van der Waals surface area contributed by atoms with E-state index in [9.17, 15) is 9.90 Å². The van der Waals surface area contributed by atoms with Crippen molar-refractivity contribution in [1.82, 2.24) is 9.97 Å². The summed E-state index contributed by atoms with van der Waals surface area (Å²) >= 11 is 1.39. The third-order valence-corrected chi connectivity index (χ3v) is 4.71. The van der Waals surface area contributed by atoms with Crippen molar-refractivity contribution in [3.63, 3.8) is 0 Å². The molecule has 0 radical (unpaired) electrons. The predicted octanol–water partition coefficient (Wildman–Crippen LogP) is 3.88. The van der Waals surface area contributed by atoms with Gasteiger partial charge < -0.3 is 15.2 Å². The summed E-state index contributed by atoms with van der Waals surface area (Å²) < 4.78 is 5.75. The number of benzene rings is 1. The zero-order valence-corrected chi connectivity index (χ0v) is 14.3. The molecule has 124 valence electrons. The van der Waals surface area contributed by atoms with Crippen LogP contribution in [-0.2, 0) is 0 Å². The highest BCUT2D eigenvalue weighted by atomic mass is 32.1. The van der Waals surface area contributed by atoms with Crippen LogP contribution >= 0.6 is 11.3 Å². The SMILES string of the molecule is COc1ccc([C@H](C)Nc2nc(C(=O)O)c3sc(C)cc3n2)cc1. The van der Waals surface area contributed by atoms with Crippen LogP contribution in [0.15, 0.2) is 30.3 Å².